The van der Waals surface area contributed by atoms with E-state index in [0.29, 0.717) is 17.8 Å². The molecule has 0 fully saturated rings. The molecule has 0 saturated carbocycles. The first-order valence-electron chi connectivity index (χ1n) is 6.31. The van der Waals surface area contributed by atoms with Crippen molar-refractivity contribution >= 4 is 17.5 Å². The van der Waals surface area contributed by atoms with Crippen molar-refractivity contribution in [1.29, 1.82) is 0 Å². The van der Waals surface area contributed by atoms with Gasteiger partial charge < -0.3 is 15.4 Å². The van der Waals surface area contributed by atoms with Crippen molar-refractivity contribution in [3.05, 3.63) is 29.8 Å². The molecular formula is C14H20N2O3. The number of ether oxygens (including phenoxy) is 1. The molecule has 5 heteroatoms. The normalized spacial score (nSPS) is 11.7. The van der Waals surface area contributed by atoms with Crippen LogP contribution in [0.3, 0.4) is 0 Å². The maximum absolute atomic E-state index is 12.0. The fraction of sp³-hybridized carbons (Fsp3) is 0.429. The van der Waals surface area contributed by atoms with Gasteiger partial charge in [-0.15, -0.1) is 0 Å². The molecule has 0 bridgehead atoms. The highest BCUT2D eigenvalue weighted by molar-refractivity contribution is 6.04. The second-order valence-corrected chi connectivity index (χ2v) is 4.17. The third-order valence-electron chi connectivity index (χ3n) is 2.69. The number of para-hydroxylation sites is 1. The van der Waals surface area contributed by atoms with Crippen LogP contribution in [-0.2, 0) is 9.53 Å². The SMILES string of the molecule is CCCNC(=O)c1ccccc1NC(=O)C(C)OC. The van der Waals surface area contributed by atoms with Crippen LogP contribution in [0.25, 0.3) is 0 Å². The summed E-state index contributed by atoms with van der Waals surface area (Å²) in [4.78, 5) is 23.7. The molecule has 0 saturated heterocycles. The number of carbonyl (C=O) groups excluding carboxylic acids is 2. The zero-order valence-corrected chi connectivity index (χ0v) is 11.5. The van der Waals surface area contributed by atoms with E-state index in [1.807, 2.05) is 6.92 Å². The summed E-state index contributed by atoms with van der Waals surface area (Å²) in [6.07, 6.45) is 0.299. The number of hydrogen-bond acceptors (Lipinski definition) is 3. The molecule has 5 nitrogen and oxygen atoms in total. The molecule has 2 amide bonds. The number of amides is 2. The Balaban J connectivity index is 2.84. The standard InChI is InChI=1S/C14H20N2O3/c1-4-9-15-14(18)11-7-5-6-8-12(11)16-13(17)10(2)19-3/h5-8,10H,4,9H2,1-3H3,(H,15,18)(H,16,17). The first-order chi connectivity index (χ1) is 9.10. The molecule has 0 radical (unpaired) electrons. The van der Waals surface area contributed by atoms with Gasteiger partial charge in [0.05, 0.1) is 11.3 Å². The molecule has 0 aliphatic rings. The van der Waals surface area contributed by atoms with Gasteiger partial charge in [0.15, 0.2) is 0 Å². The predicted octanol–water partition coefficient (Wildman–Crippen LogP) is 1.80. The lowest BCUT2D eigenvalue weighted by Crippen LogP contribution is -2.29. The molecule has 0 aliphatic heterocycles. The summed E-state index contributed by atoms with van der Waals surface area (Å²) < 4.78 is 4.94. The van der Waals surface area contributed by atoms with E-state index in [1.54, 1.807) is 31.2 Å². The summed E-state index contributed by atoms with van der Waals surface area (Å²) in [5, 5.41) is 5.48. The summed E-state index contributed by atoms with van der Waals surface area (Å²) in [6, 6.07) is 6.90. The molecule has 1 aromatic carbocycles. The molecule has 2 N–H and O–H groups in total. The van der Waals surface area contributed by atoms with Crippen molar-refractivity contribution in [2.75, 3.05) is 19.0 Å². The Morgan fingerprint density at radius 2 is 2.00 bits per heavy atom. The Morgan fingerprint density at radius 3 is 2.63 bits per heavy atom. The van der Waals surface area contributed by atoms with Crippen LogP contribution in [0.2, 0.25) is 0 Å². The van der Waals surface area contributed by atoms with Gasteiger partial charge in [-0.3, -0.25) is 9.59 Å². The molecule has 0 aromatic heterocycles. The quantitative estimate of drug-likeness (QED) is 0.823. The Hall–Kier alpha value is -1.88. The van der Waals surface area contributed by atoms with Crippen molar-refractivity contribution in [2.45, 2.75) is 26.4 Å². The fourth-order valence-corrected chi connectivity index (χ4v) is 1.47. The molecule has 0 spiro atoms. The van der Waals surface area contributed by atoms with Crippen LogP contribution in [0.1, 0.15) is 30.6 Å². The predicted molar refractivity (Wildman–Crippen MR) is 74.2 cm³/mol. The lowest BCUT2D eigenvalue weighted by Gasteiger charge is -2.13. The number of carbonyl (C=O) groups is 2. The number of nitrogens with one attached hydrogen (secondary N) is 2. The minimum Gasteiger partial charge on any atom is -0.372 e. The van der Waals surface area contributed by atoms with E-state index in [4.69, 9.17) is 4.74 Å². The summed E-state index contributed by atoms with van der Waals surface area (Å²) in [5.74, 6) is -0.471. The van der Waals surface area contributed by atoms with Gasteiger partial charge in [0.25, 0.3) is 11.8 Å². The van der Waals surface area contributed by atoms with Gasteiger partial charge in [0.2, 0.25) is 0 Å². The van der Waals surface area contributed by atoms with E-state index in [9.17, 15) is 9.59 Å². The highest BCUT2D eigenvalue weighted by Crippen LogP contribution is 2.15. The third-order valence-corrected chi connectivity index (χ3v) is 2.69. The molecular weight excluding hydrogens is 244 g/mol. The van der Waals surface area contributed by atoms with E-state index in [2.05, 4.69) is 10.6 Å². The highest BCUT2D eigenvalue weighted by Gasteiger charge is 2.16. The average molecular weight is 264 g/mol. The van der Waals surface area contributed by atoms with Crippen LogP contribution >= 0.6 is 0 Å². The molecule has 1 unspecified atom stereocenters. The second kappa shape index (κ2) is 7.53. The molecule has 1 atom stereocenters. The van der Waals surface area contributed by atoms with Crippen molar-refractivity contribution in [3.63, 3.8) is 0 Å². The Labute approximate surface area is 113 Å². The molecule has 1 rings (SSSR count). The second-order valence-electron chi connectivity index (χ2n) is 4.17. The van der Waals surface area contributed by atoms with Crippen molar-refractivity contribution in [1.82, 2.24) is 5.32 Å². The van der Waals surface area contributed by atoms with E-state index < -0.39 is 6.10 Å². The van der Waals surface area contributed by atoms with Crippen LogP contribution in [0, 0.1) is 0 Å². The molecule has 104 valence electrons. The van der Waals surface area contributed by atoms with Crippen LogP contribution in [0.15, 0.2) is 24.3 Å². The minimum atomic E-state index is -0.563. The van der Waals surface area contributed by atoms with Gasteiger partial charge in [-0.05, 0) is 25.5 Å². The first-order valence-corrected chi connectivity index (χ1v) is 6.31. The van der Waals surface area contributed by atoms with Crippen LogP contribution < -0.4 is 10.6 Å². The smallest absolute Gasteiger partial charge is 0.253 e. The number of anilines is 1. The van der Waals surface area contributed by atoms with Gasteiger partial charge in [0, 0.05) is 13.7 Å². The van der Waals surface area contributed by atoms with Crippen LogP contribution in [0.5, 0.6) is 0 Å². The van der Waals surface area contributed by atoms with Gasteiger partial charge >= 0.3 is 0 Å². The van der Waals surface area contributed by atoms with Crippen LogP contribution in [-0.4, -0.2) is 31.6 Å². The number of methoxy groups -OCH3 is 1. The van der Waals surface area contributed by atoms with Crippen molar-refractivity contribution < 1.29 is 14.3 Å². The Bertz CT molecular complexity index is 446. The van der Waals surface area contributed by atoms with Gasteiger partial charge in [-0.2, -0.15) is 0 Å². The minimum absolute atomic E-state index is 0.192. The average Bonchev–Trinajstić information content (AvgIpc) is 2.44. The highest BCUT2D eigenvalue weighted by atomic mass is 16.5. The van der Waals surface area contributed by atoms with Crippen molar-refractivity contribution in [3.8, 4) is 0 Å². The number of benzene rings is 1. The van der Waals surface area contributed by atoms with Crippen LogP contribution in [0.4, 0.5) is 5.69 Å². The van der Waals surface area contributed by atoms with Crippen molar-refractivity contribution in [2.24, 2.45) is 0 Å². The fourth-order valence-electron chi connectivity index (χ4n) is 1.47. The summed E-state index contributed by atoms with van der Waals surface area (Å²) in [6.45, 7) is 4.24. The third kappa shape index (κ3) is 4.37. The molecule has 1 aromatic rings. The van der Waals surface area contributed by atoms with E-state index in [-0.39, 0.29) is 11.8 Å². The lowest BCUT2D eigenvalue weighted by atomic mass is 10.1. The number of hydrogen-bond donors (Lipinski definition) is 2. The van der Waals surface area contributed by atoms with Gasteiger partial charge in [0.1, 0.15) is 6.10 Å². The van der Waals surface area contributed by atoms with E-state index in [1.165, 1.54) is 7.11 Å². The summed E-state index contributed by atoms with van der Waals surface area (Å²) >= 11 is 0. The van der Waals surface area contributed by atoms with E-state index >= 15 is 0 Å². The molecule has 0 heterocycles. The Kier molecular flexibility index (Phi) is 6.02. The topological polar surface area (TPSA) is 67.4 Å². The first kappa shape index (κ1) is 15.2. The van der Waals surface area contributed by atoms with E-state index in [0.717, 1.165) is 6.42 Å². The maximum Gasteiger partial charge on any atom is 0.253 e. The number of rotatable bonds is 6. The summed E-state index contributed by atoms with van der Waals surface area (Å²) in [7, 11) is 1.46. The summed E-state index contributed by atoms with van der Waals surface area (Å²) in [5.41, 5.74) is 0.942. The van der Waals surface area contributed by atoms with Gasteiger partial charge in [-0.25, -0.2) is 0 Å². The zero-order chi connectivity index (χ0) is 14.3. The zero-order valence-electron chi connectivity index (χ0n) is 11.5. The maximum atomic E-state index is 12.0. The molecule has 0 aliphatic carbocycles. The van der Waals surface area contributed by atoms with Gasteiger partial charge in [-0.1, -0.05) is 19.1 Å². The Morgan fingerprint density at radius 1 is 1.32 bits per heavy atom. The monoisotopic (exact) mass is 264 g/mol. The lowest BCUT2D eigenvalue weighted by molar-refractivity contribution is -0.124. The molecule has 19 heavy (non-hydrogen) atoms. The largest absolute Gasteiger partial charge is 0.372 e.